The van der Waals surface area contributed by atoms with Crippen LogP contribution in [0.2, 0.25) is 0 Å². The largest absolute Gasteiger partial charge is 0.511 e. The highest BCUT2D eigenvalue weighted by atomic mass is 16.7. The highest BCUT2D eigenvalue weighted by Gasteiger charge is 2.20. The fraction of sp³-hybridized carbons (Fsp3) is 0.125. The van der Waals surface area contributed by atoms with E-state index in [4.69, 9.17) is 19.7 Å². The number of hydrogen-bond acceptors (Lipinski definition) is 4. The van der Waals surface area contributed by atoms with E-state index in [9.17, 15) is 9.59 Å². The molecule has 0 spiro atoms. The van der Waals surface area contributed by atoms with Crippen LogP contribution in [0.5, 0.6) is 11.5 Å². The van der Waals surface area contributed by atoms with Gasteiger partial charge in [-0.3, -0.25) is 0 Å². The number of aryl methyl sites for hydroxylation is 2. The molecular weight excluding hydrogens is 288 g/mol. The molecule has 0 aliphatic carbocycles. The van der Waals surface area contributed by atoms with Gasteiger partial charge in [0.2, 0.25) is 0 Å². The van der Waals surface area contributed by atoms with Crippen LogP contribution in [0.4, 0.5) is 9.59 Å². The summed E-state index contributed by atoms with van der Waals surface area (Å²) in [6, 6.07) is 10.1. The highest BCUT2D eigenvalue weighted by Crippen LogP contribution is 2.41. The van der Waals surface area contributed by atoms with Gasteiger partial charge in [0.25, 0.3) is 0 Å². The molecule has 2 N–H and O–H groups in total. The molecule has 2 aromatic carbocycles. The Kier molecular flexibility index (Phi) is 4.31. The first-order chi connectivity index (χ1) is 10.4. The fourth-order valence-electron chi connectivity index (χ4n) is 2.06. The second kappa shape index (κ2) is 6.17. The van der Waals surface area contributed by atoms with Crippen molar-refractivity contribution in [1.29, 1.82) is 0 Å². The summed E-state index contributed by atoms with van der Waals surface area (Å²) in [5, 5.41) is 17.7. The Balaban J connectivity index is 2.68. The molecule has 0 bridgehead atoms. The van der Waals surface area contributed by atoms with E-state index >= 15 is 0 Å². The summed E-state index contributed by atoms with van der Waals surface area (Å²) in [4.78, 5) is 21.8. The average molecular weight is 302 g/mol. The summed E-state index contributed by atoms with van der Waals surface area (Å²) in [6.07, 6.45) is -2.97. The fourth-order valence-corrected chi connectivity index (χ4v) is 2.06. The van der Waals surface area contributed by atoms with E-state index in [0.717, 1.165) is 5.56 Å². The van der Waals surface area contributed by atoms with Gasteiger partial charge in [-0.05, 0) is 31.0 Å². The summed E-state index contributed by atoms with van der Waals surface area (Å²) < 4.78 is 9.58. The van der Waals surface area contributed by atoms with Crippen molar-refractivity contribution in [2.24, 2.45) is 0 Å². The van der Waals surface area contributed by atoms with Crippen molar-refractivity contribution < 1.29 is 29.3 Å². The number of benzene rings is 2. The van der Waals surface area contributed by atoms with Crippen molar-refractivity contribution in [3.8, 4) is 22.6 Å². The Bertz CT molecular complexity index is 718. The van der Waals surface area contributed by atoms with Crippen LogP contribution < -0.4 is 9.47 Å². The monoisotopic (exact) mass is 302 g/mol. The van der Waals surface area contributed by atoms with Gasteiger partial charge < -0.3 is 19.7 Å². The summed E-state index contributed by atoms with van der Waals surface area (Å²) in [7, 11) is 0. The topological polar surface area (TPSA) is 93.1 Å². The minimum Gasteiger partial charge on any atom is -0.449 e. The Morgan fingerprint density at radius 2 is 1.45 bits per heavy atom. The molecule has 0 aliphatic rings. The van der Waals surface area contributed by atoms with Crippen LogP contribution in [0.3, 0.4) is 0 Å². The standard InChI is InChI=1S/C16H14O6/c1-9-3-6-11(7-4-9)13-12(21-15(17)18)8-5-10(2)14(13)22-16(19)20/h3-8H,1-2H3,(H,17,18)(H,19,20). The minimum absolute atomic E-state index is 0.0122. The van der Waals surface area contributed by atoms with Crippen LogP contribution in [-0.2, 0) is 0 Å². The van der Waals surface area contributed by atoms with Gasteiger partial charge in [-0.1, -0.05) is 35.9 Å². The lowest BCUT2D eigenvalue weighted by Crippen LogP contribution is -2.09. The molecule has 2 aromatic rings. The van der Waals surface area contributed by atoms with Crippen LogP contribution in [0.1, 0.15) is 11.1 Å². The van der Waals surface area contributed by atoms with Crippen molar-refractivity contribution in [3.63, 3.8) is 0 Å². The minimum atomic E-state index is -1.49. The number of carboxylic acid groups (broad SMARTS) is 2. The summed E-state index contributed by atoms with van der Waals surface area (Å²) in [5.74, 6) is 0.0632. The molecule has 6 heteroatoms. The highest BCUT2D eigenvalue weighted by molar-refractivity contribution is 5.82. The van der Waals surface area contributed by atoms with Crippen molar-refractivity contribution >= 4 is 12.3 Å². The van der Waals surface area contributed by atoms with Crippen LogP contribution in [0.15, 0.2) is 36.4 Å². The molecular formula is C16H14O6. The van der Waals surface area contributed by atoms with Crippen LogP contribution >= 0.6 is 0 Å². The molecule has 0 aliphatic heterocycles. The molecule has 0 amide bonds. The van der Waals surface area contributed by atoms with Crippen LogP contribution in [0, 0.1) is 13.8 Å². The maximum Gasteiger partial charge on any atom is 0.511 e. The molecule has 114 valence electrons. The third-order valence-corrected chi connectivity index (χ3v) is 3.04. The van der Waals surface area contributed by atoms with Crippen LogP contribution in [-0.4, -0.2) is 22.5 Å². The zero-order valence-corrected chi connectivity index (χ0v) is 12.0. The molecule has 6 nitrogen and oxygen atoms in total. The summed E-state index contributed by atoms with van der Waals surface area (Å²) in [5.41, 5.74) is 2.44. The first-order valence-corrected chi connectivity index (χ1v) is 6.40. The molecule has 0 unspecified atom stereocenters. The Hall–Kier alpha value is -3.02. The second-order valence-electron chi connectivity index (χ2n) is 4.69. The molecule has 0 heterocycles. The molecule has 0 fully saturated rings. The molecule has 22 heavy (non-hydrogen) atoms. The molecule has 0 atom stereocenters. The number of ether oxygens (including phenoxy) is 2. The predicted molar refractivity (Wildman–Crippen MR) is 78.7 cm³/mol. The van der Waals surface area contributed by atoms with E-state index in [2.05, 4.69) is 0 Å². The second-order valence-corrected chi connectivity index (χ2v) is 4.69. The van der Waals surface area contributed by atoms with Gasteiger partial charge in [-0.25, -0.2) is 9.59 Å². The van der Waals surface area contributed by atoms with E-state index in [-0.39, 0.29) is 17.1 Å². The smallest absolute Gasteiger partial charge is 0.449 e. The lowest BCUT2D eigenvalue weighted by Gasteiger charge is -2.15. The van der Waals surface area contributed by atoms with Gasteiger partial charge in [0.1, 0.15) is 11.5 Å². The van der Waals surface area contributed by atoms with Crippen molar-refractivity contribution in [2.45, 2.75) is 13.8 Å². The van der Waals surface area contributed by atoms with Crippen LogP contribution in [0.25, 0.3) is 11.1 Å². The van der Waals surface area contributed by atoms with Crippen molar-refractivity contribution in [2.75, 3.05) is 0 Å². The normalized spacial score (nSPS) is 10.1. The molecule has 0 radical (unpaired) electrons. The van der Waals surface area contributed by atoms with E-state index in [0.29, 0.717) is 11.1 Å². The van der Waals surface area contributed by atoms with Gasteiger partial charge in [-0.15, -0.1) is 0 Å². The van der Waals surface area contributed by atoms with Gasteiger partial charge in [0.05, 0.1) is 5.56 Å². The quantitative estimate of drug-likeness (QED) is 0.655. The summed E-state index contributed by atoms with van der Waals surface area (Å²) >= 11 is 0. The number of hydrogen-bond donors (Lipinski definition) is 2. The SMILES string of the molecule is Cc1ccc(-c2c(OC(=O)O)ccc(C)c2OC(=O)O)cc1. The Morgan fingerprint density at radius 1 is 0.864 bits per heavy atom. The van der Waals surface area contributed by atoms with Gasteiger partial charge in [0, 0.05) is 0 Å². The van der Waals surface area contributed by atoms with E-state index in [1.54, 1.807) is 19.1 Å². The maximum atomic E-state index is 10.9. The molecule has 0 saturated carbocycles. The number of rotatable bonds is 3. The van der Waals surface area contributed by atoms with Crippen molar-refractivity contribution in [3.05, 3.63) is 47.5 Å². The molecule has 0 aromatic heterocycles. The van der Waals surface area contributed by atoms with E-state index in [1.807, 2.05) is 19.1 Å². The van der Waals surface area contributed by atoms with Crippen molar-refractivity contribution in [1.82, 2.24) is 0 Å². The van der Waals surface area contributed by atoms with Gasteiger partial charge in [-0.2, -0.15) is 0 Å². The zero-order valence-electron chi connectivity index (χ0n) is 12.0. The van der Waals surface area contributed by atoms with E-state index < -0.39 is 12.3 Å². The third kappa shape index (κ3) is 3.35. The molecule has 0 saturated heterocycles. The van der Waals surface area contributed by atoms with Gasteiger partial charge in [0.15, 0.2) is 0 Å². The Labute approximate surface area is 126 Å². The lowest BCUT2D eigenvalue weighted by molar-refractivity contribution is 0.143. The average Bonchev–Trinajstić information content (AvgIpc) is 2.43. The van der Waals surface area contributed by atoms with E-state index in [1.165, 1.54) is 12.1 Å². The maximum absolute atomic E-state index is 10.9. The van der Waals surface area contributed by atoms with Gasteiger partial charge >= 0.3 is 12.3 Å². The first kappa shape index (κ1) is 15.4. The molecule has 2 rings (SSSR count). The lowest BCUT2D eigenvalue weighted by atomic mass is 9.99. The third-order valence-electron chi connectivity index (χ3n) is 3.04. The Morgan fingerprint density at radius 3 is 2.00 bits per heavy atom. The summed E-state index contributed by atoms with van der Waals surface area (Å²) in [6.45, 7) is 3.57. The number of carbonyl (C=O) groups is 2. The zero-order chi connectivity index (χ0) is 16.3. The first-order valence-electron chi connectivity index (χ1n) is 6.40. The predicted octanol–water partition coefficient (Wildman–Crippen LogP) is 4.08.